The van der Waals surface area contributed by atoms with Crippen molar-refractivity contribution in [3.8, 4) is 5.75 Å². The van der Waals surface area contributed by atoms with Crippen molar-refractivity contribution in [3.05, 3.63) is 24.0 Å². The zero-order chi connectivity index (χ0) is 10.6. The van der Waals surface area contributed by atoms with Crippen LogP contribution in [-0.2, 0) is 10.3 Å². The number of hydrogen-bond donors (Lipinski definition) is 1. The Kier molecular flexibility index (Phi) is 3.43. The van der Waals surface area contributed by atoms with E-state index in [1.807, 2.05) is 26.0 Å². The molecule has 0 radical (unpaired) electrons. The minimum atomic E-state index is -0.205. The first-order chi connectivity index (χ1) is 6.60. The van der Waals surface area contributed by atoms with E-state index in [0.29, 0.717) is 6.61 Å². The molecule has 0 aliphatic rings. The van der Waals surface area contributed by atoms with Gasteiger partial charge in [0.25, 0.3) is 0 Å². The summed E-state index contributed by atoms with van der Waals surface area (Å²) in [6.45, 7) is 4.45. The molecule has 0 spiro atoms. The molecule has 0 unspecified atom stereocenters. The Balaban J connectivity index is 2.93. The highest BCUT2D eigenvalue weighted by Crippen LogP contribution is 2.23. The largest absolute Gasteiger partial charge is 0.497 e. The normalized spacial score (nSPS) is 11.4. The number of hydrogen-bond acceptors (Lipinski definition) is 4. The topological polar surface area (TPSA) is 57.4 Å². The van der Waals surface area contributed by atoms with Crippen LogP contribution in [0.1, 0.15) is 19.5 Å². The summed E-state index contributed by atoms with van der Waals surface area (Å²) in [4.78, 5) is 8.92. The third-order valence-electron chi connectivity index (χ3n) is 2.10. The molecule has 0 saturated carbocycles. The summed E-state index contributed by atoms with van der Waals surface area (Å²) >= 11 is 0. The van der Waals surface area contributed by atoms with E-state index in [1.54, 1.807) is 13.3 Å². The van der Waals surface area contributed by atoms with E-state index in [4.69, 9.17) is 10.6 Å². The van der Waals surface area contributed by atoms with Gasteiger partial charge < -0.3 is 9.57 Å². The van der Waals surface area contributed by atoms with Crippen LogP contribution in [0.15, 0.2) is 18.3 Å². The van der Waals surface area contributed by atoms with Gasteiger partial charge in [0, 0.05) is 17.7 Å². The smallest absolute Gasteiger partial charge is 0.122 e. The van der Waals surface area contributed by atoms with Crippen LogP contribution >= 0.6 is 0 Å². The standard InChI is InChI=1S/C10H16N2O2/c1-10(2,7-14-11)9-6-8(13-3)4-5-12-9/h4-6H,7,11H2,1-3H3. The highest BCUT2D eigenvalue weighted by Gasteiger charge is 2.22. The summed E-state index contributed by atoms with van der Waals surface area (Å²) in [5, 5.41) is 0. The molecule has 1 rings (SSSR count). The number of methoxy groups -OCH3 is 1. The fourth-order valence-electron chi connectivity index (χ4n) is 1.19. The molecule has 2 N–H and O–H groups in total. The van der Waals surface area contributed by atoms with E-state index >= 15 is 0 Å². The van der Waals surface area contributed by atoms with Crippen LogP contribution in [-0.4, -0.2) is 18.7 Å². The second-order valence-corrected chi connectivity index (χ2v) is 3.78. The number of rotatable bonds is 4. The summed E-state index contributed by atoms with van der Waals surface area (Å²) in [6, 6.07) is 3.70. The fourth-order valence-corrected chi connectivity index (χ4v) is 1.19. The molecule has 4 heteroatoms. The number of pyridine rings is 1. The Labute approximate surface area is 84.0 Å². The maximum absolute atomic E-state index is 5.12. The zero-order valence-corrected chi connectivity index (χ0v) is 8.78. The van der Waals surface area contributed by atoms with Crippen molar-refractivity contribution in [1.29, 1.82) is 0 Å². The first kappa shape index (κ1) is 10.9. The number of aromatic nitrogens is 1. The molecule has 78 valence electrons. The first-order valence-corrected chi connectivity index (χ1v) is 4.42. The fraction of sp³-hybridized carbons (Fsp3) is 0.500. The van der Waals surface area contributed by atoms with Gasteiger partial charge in [-0.1, -0.05) is 13.8 Å². The number of nitrogens with zero attached hydrogens (tertiary/aromatic N) is 1. The third-order valence-corrected chi connectivity index (χ3v) is 2.10. The Hall–Kier alpha value is -1.13. The van der Waals surface area contributed by atoms with Gasteiger partial charge in [0.15, 0.2) is 0 Å². The molecule has 0 amide bonds. The van der Waals surface area contributed by atoms with Gasteiger partial charge in [-0.05, 0) is 6.07 Å². The van der Waals surface area contributed by atoms with E-state index in [-0.39, 0.29) is 5.41 Å². The molecule has 0 bridgehead atoms. The molecular formula is C10H16N2O2. The average Bonchev–Trinajstić information content (AvgIpc) is 2.18. The van der Waals surface area contributed by atoms with Gasteiger partial charge >= 0.3 is 0 Å². The first-order valence-electron chi connectivity index (χ1n) is 4.42. The molecule has 0 fully saturated rings. The SMILES string of the molecule is COc1ccnc(C(C)(C)CON)c1. The predicted molar refractivity (Wildman–Crippen MR) is 54.0 cm³/mol. The van der Waals surface area contributed by atoms with Gasteiger partial charge in [0.1, 0.15) is 5.75 Å². The van der Waals surface area contributed by atoms with Crippen LogP contribution in [0.3, 0.4) is 0 Å². The molecule has 0 aromatic carbocycles. The van der Waals surface area contributed by atoms with Crippen LogP contribution in [0, 0.1) is 0 Å². The quantitative estimate of drug-likeness (QED) is 0.736. The molecule has 0 aliphatic carbocycles. The van der Waals surface area contributed by atoms with E-state index in [1.165, 1.54) is 0 Å². The minimum Gasteiger partial charge on any atom is -0.497 e. The van der Waals surface area contributed by atoms with Crippen LogP contribution in [0.25, 0.3) is 0 Å². The van der Waals surface area contributed by atoms with Crippen molar-refractivity contribution in [1.82, 2.24) is 4.98 Å². The lowest BCUT2D eigenvalue weighted by Crippen LogP contribution is -2.27. The van der Waals surface area contributed by atoms with Crippen molar-refractivity contribution >= 4 is 0 Å². The van der Waals surface area contributed by atoms with Crippen molar-refractivity contribution in [2.24, 2.45) is 5.90 Å². The number of nitrogens with two attached hydrogens (primary N) is 1. The number of ether oxygens (including phenoxy) is 1. The molecule has 0 aliphatic heterocycles. The maximum Gasteiger partial charge on any atom is 0.122 e. The Morgan fingerprint density at radius 1 is 1.50 bits per heavy atom. The molecule has 0 saturated heterocycles. The lowest BCUT2D eigenvalue weighted by atomic mass is 9.90. The molecule has 1 aromatic heterocycles. The Morgan fingerprint density at radius 3 is 2.79 bits per heavy atom. The van der Waals surface area contributed by atoms with Crippen LogP contribution in [0.5, 0.6) is 5.75 Å². The third kappa shape index (κ3) is 2.43. The molecule has 14 heavy (non-hydrogen) atoms. The van der Waals surface area contributed by atoms with Gasteiger partial charge in [0.05, 0.1) is 19.4 Å². The monoisotopic (exact) mass is 196 g/mol. The second kappa shape index (κ2) is 4.39. The van der Waals surface area contributed by atoms with E-state index < -0.39 is 0 Å². The summed E-state index contributed by atoms with van der Waals surface area (Å²) in [5.41, 5.74) is 0.700. The van der Waals surface area contributed by atoms with Crippen LogP contribution < -0.4 is 10.6 Å². The molecule has 1 aromatic rings. The van der Waals surface area contributed by atoms with Crippen LogP contribution in [0.2, 0.25) is 0 Å². The van der Waals surface area contributed by atoms with Gasteiger partial charge in [0.2, 0.25) is 0 Å². The highest BCUT2D eigenvalue weighted by molar-refractivity contribution is 5.26. The summed E-state index contributed by atoms with van der Waals surface area (Å²) in [5.74, 6) is 5.86. The average molecular weight is 196 g/mol. The van der Waals surface area contributed by atoms with Crippen molar-refractivity contribution in [2.75, 3.05) is 13.7 Å². The van der Waals surface area contributed by atoms with E-state index in [9.17, 15) is 0 Å². The molecule has 0 atom stereocenters. The molecular weight excluding hydrogens is 180 g/mol. The predicted octanol–water partition coefficient (Wildman–Crippen LogP) is 1.26. The Bertz CT molecular complexity index is 300. The minimum absolute atomic E-state index is 0.205. The lowest BCUT2D eigenvalue weighted by molar-refractivity contribution is 0.0948. The highest BCUT2D eigenvalue weighted by atomic mass is 16.6. The van der Waals surface area contributed by atoms with Crippen LogP contribution in [0.4, 0.5) is 0 Å². The summed E-state index contributed by atoms with van der Waals surface area (Å²) in [7, 11) is 1.63. The summed E-state index contributed by atoms with van der Waals surface area (Å²) < 4.78 is 5.12. The Morgan fingerprint density at radius 2 is 2.21 bits per heavy atom. The van der Waals surface area contributed by atoms with Gasteiger partial charge in [-0.3, -0.25) is 4.98 Å². The van der Waals surface area contributed by atoms with Gasteiger partial charge in [-0.15, -0.1) is 0 Å². The van der Waals surface area contributed by atoms with Crippen molar-refractivity contribution < 1.29 is 9.57 Å². The zero-order valence-electron chi connectivity index (χ0n) is 8.78. The lowest BCUT2D eigenvalue weighted by Gasteiger charge is -2.22. The van der Waals surface area contributed by atoms with Gasteiger partial charge in [-0.25, -0.2) is 5.90 Å². The van der Waals surface area contributed by atoms with E-state index in [2.05, 4.69) is 9.82 Å². The van der Waals surface area contributed by atoms with Gasteiger partial charge in [-0.2, -0.15) is 0 Å². The molecule has 4 nitrogen and oxygen atoms in total. The summed E-state index contributed by atoms with van der Waals surface area (Å²) in [6.07, 6.45) is 1.71. The van der Waals surface area contributed by atoms with E-state index in [0.717, 1.165) is 11.4 Å². The molecule has 1 heterocycles. The maximum atomic E-state index is 5.12. The second-order valence-electron chi connectivity index (χ2n) is 3.78. The van der Waals surface area contributed by atoms with Crippen molar-refractivity contribution in [3.63, 3.8) is 0 Å². The van der Waals surface area contributed by atoms with Crippen molar-refractivity contribution in [2.45, 2.75) is 19.3 Å².